The highest BCUT2D eigenvalue weighted by Crippen LogP contribution is 2.43. The SMILES string of the molecule is COc1ccc2c3c(n(CC(O)c4cccc(O)c4)c(=O)c2c1OC)-c1ccccc1C3=O. The number of rotatable bonds is 5. The van der Waals surface area contributed by atoms with Crippen LogP contribution in [0.4, 0.5) is 0 Å². The Morgan fingerprint density at radius 1 is 0.939 bits per heavy atom. The molecule has 0 bridgehead atoms. The lowest BCUT2D eigenvalue weighted by Gasteiger charge is -2.20. The minimum absolute atomic E-state index is 0.00886. The van der Waals surface area contributed by atoms with Crippen molar-refractivity contribution in [2.45, 2.75) is 12.6 Å². The van der Waals surface area contributed by atoms with Crippen molar-refractivity contribution in [3.63, 3.8) is 0 Å². The quantitative estimate of drug-likeness (QED) is 0.430. The molecule has 0 saturated heterocycles. The van der Waals surface area contributed by atoms with Crippen molar-refractivity contribution < 1.29 is 24.5 Å². The highest BCUT2D eigenvalue weighted by atomic mass is 16.5. The van der Waals surface area contributed by atoms with Gasteiger partial charge in [0.2, 0.25) is 0 Å². The fourth-order valence-electron chi connectivity index (χ4n) is 4.56. The number of carbonyl (C=O) groups excluding carboxylic acids is 1. The maximum atomic E-state index is 13.8. The van der Waals surface area contributed by atoms with Crippen molar-refractivity contribution in [1.29, 1.82) is 0 Å². The molecule has 0 fully saturated rings. The molecule has 5 rings (SSSR count). The van der Waals surface area contributed by atoms with Gasteiger partial charge in [-0.25, -0.2) is 0 Å². The van der Waals surface area contributed by atoms with Crippen molar-refractivity contribution in [2.24, 2.45) is 0 Å². The van der Waals surface area contributed by atoms with Crippen LogP contribution in [0, 0.1) is 0 Å². The molecule has 1 aliphatic rings. The van der Waals surface area contributed by atoms with Crippen molar-refractivity contribution in [3.8, 4) is 28.5 Å². The number of fused-ring (bicyclic) bond motifs is 5. The maximum Gasteiger partial charge on any atom is 0.262 e. The summed E-state index contributed by atoms with van der Waals surface area (Å²) in [7, 11) is 2.91. The van der Waals surface area contributed by atoms with Gasteiger partial charge in [0.1, 0.15) is 5.75 Å². The van der Waals surface area contributed by atoms with Gasteiger partial charge in [0, 0.05) is 16.5 Å². The number of ether oxygens (including phenoxy) is 2. The van der Waals surface area contributed by atoms with E-state index in [9.17, 15) is 19.8 Å². The number of carbonyl (C=O) groups is 1. The highest BCUT2D eigenvalue weighted by Gasteiger charge is 2.34. The van der Waals surface area contributed by atoms with Gasteiger partial charge in [0.05, 0.1) is 43.5 Å². The minimum atomic E-state index is -1.10. The average molecular weight is 443 g/mol. The molecule has 33 heavy (non-hydrogen) atoms. The number of aliphatic hydroxyl groups excluding tert-OH is 1. The first-order valence-electron chi connectivity index (χ1n) is 10.4. The minimum Gasteiger partial charge on any atom is -0.508 e. The number of aromatic nitrogens is 1. The molecule has 3 aromatic carbocycles. The molecule has 1 heterocycles. The number of hydrogen-bond donors (Lipinski definition) is 2. The van der Waals surface area contributed by atoms with Crippen LogP contribution in [0.1, 0.15) is 27.6 Å². The van der Waals surface area contributed by atoms with E-state index in [2.05, 4.69) is 0 Å². The predicted octanol–water partition coefficient (Wildman–Crippen LogP) is 3.67. The third kappa shape index (κ3) is 3.08. The number of nitrogens with zero attached hydrogens (tertiary/aromatic N) is 1. The van der Waals surface area contributed by atoms with Gasteiger partial charge in [-0.1, -0.05) is 36.4 Å². The molecule has 2 N–H and O–H groups in total. The molecule has 166 valence electrons. The molecule has 1 unspecified atom stereocenters. The molecule has 7 nitrogen and oxygen atoms in total. The van der Waals surface area contributed by atoms with Gasteiger partial charge in [0.15, 0.2) is 17.3 Å². The number of benzene rings is 3. The largest absolute Gasteiger partial charge is 0.508 e. The van der Waals surface area contributed by atoms with E-state index in [0.717, 1.165) is 0 Å². The fraction of sp³-hybridized carbons (Fsp3) is 0.154. The lowest BCUT2D eigenvalue weighted by molar-refractivity contribution is 0.104. The first kappa shape index (κ1) is 20.8. The molecule has 1 aromatic heterocycles. The molecule has 0 radical (unpaired) electrons. The van der Waals surface area contributed by atoms with Gasteiger partial charge in [-0.2, -0.15) is 0 Å². The van der Waals surface area contributed by atoms with E-state index >= 15 is 0 Å². The summed E-state index contributed by atoms with van der Waals surface area (Å²) in [6.07, 6.45) is -1.10. The van der Waals surface area contributed by atoms with Crippen LogP contribution >= 0.6 is 0 Å². The van der Waals surface area contributed by atoms with Crippen LogP contribution in [0.15, 0.2) is 65.5 Å². The Labute approximate surface area is 189 Å². The Kier molecular flexibility index (Phi) is 4.91. The van der Waals surface area contributed by atoms with Gasteiger partial charge < -0.3 is 24.3 Å². The summed E-state index contributed by atoms with van der Waals surface area (Å²) in [4.78, 5) is 27.3. The number of hydrogen-bond acceptors (Lipinski definition) is 6. The van der Waals surface area contributed by atoms with E-state index in [-0.39, 0.29) is 29.2 Å². The Morgan fingerprint density at radius 3 is 2.39 bits per heavy atom. The zero-order valence-corrected chi connectivity index (χ0v) is 18.0. The molecule has 0 aliphatic heterocycles. The van der Waals surface area contributed by atoms with Crippen molar-refractivity contribution in [2.75, 3.05) is 14.2 Å². The van der Waals surface area contributed by atoms with Gasteiger partial charge in [-0.3, -0.25) is 9.59 Å². The summed E-state index contributed by atoms with van der Waals surface area (Å²) in [6, 6.07) is 16.7. The molecule has 7 heteroatoms. The summed E-state index contributed by atoms with van der Waals surface area (Å²) in [5.74, 6) is 0.408. The fourth-order valence-corrected chi connectivity index (χ4v) is 4.56. The van der Waals surface area contributed by atoms with Crippen molar-refractivity contribution >= 4 is 16.6 Å². The highest BCUT2D eigenvalue weighted by molar-refractivity contribution is 6.27. The Balaban J connectivity index is 1.84. The van der Waals surface area contributed by atoms with E-state index in [1.54, 1.807) is 48.5 Å². The molecular weight excluding hydrogens is 422 g/mol. The van der Waals surface area contributed by atoms with Gasteiger partial charge in [-0.15, -0.1) is 0 Å². The van der Waals surface area contributed by atoms with Crippen LogP contribution in [0.3, 0.4) is 0 Å². The average Bonchev–Trinajstić information content (AvgIpc) is 3.13. The number of methoxy groups -OCH3 is 2. The van der Waals surface area contributed by atoms with E-state index < -0.39 is 11.7 Å². The normalized spacial score (nSPS) is 13.0. The van der Waals surface area contributed by atoms with E-state index in [1.807, 2.05) is 0 Å². The number of aromatic hydroxyl groups is 1. The summed E-state index contributed by atoms with van der Waals surface area (Å²) in [5, 5.41) is 21.4. The standard InChI is InChI=1S/C26H21NO6/c1-32-20-11-10-18-21-23(16-8-3-4-9-17(16)24(21)30)27(26(31)22(18)25(20)33-2)13-19(29)14-6-5-7-15(28)12-14/h3-12,19,28-29H,13H2,1-2H3. The molecule has 4 aromatic rings. The number of ketones is 1. The number of pyridine rings is 1. The van der Waals surface area contributed by atoms with Crippen LogP contribution in [-0.4, -0.2) is 34.8 Å². The second kappa shape index (κ2) is 7.79. The lowest BCUT2D eigenvalue weighted by atomic mass is 10.0. The van der Waals surface area contributed by atoms with Gasteiger partial charge in [-0.05, 0) is 29.8 Å². The van der Waals surface area contributed by atoms with E-state index in [1.165, 1.54) is 30.9 Å². The number of phenols is 1. The topological polar surface area (TPSA) is 98.0 Å². The van der Waals surface area contributed by atoms with Crippen LogP contribution < -0.4 is 15.0 Å². The number of aliphatic hydroxyl groups is 1. The third-order valence-electron chi connectivity index (χ3n) is 6.05. The first-order valence-corrected chi connectivity index (χ1v) is 10.4. The van der Waals surface area contributed by atoms with Gasteiger partial charge >= 0.3 is 0 Å². The zero-order chi connectivity index (χ0) is 23.3. The second-order valence-electron chi connectivity index (χ2n) is 7.85. The van der Waals surface area contributed by atoms with E-state index in [4.69, 9.17) is 9.47 Å². The summed E-state index contributed by atoms with van der Waals surface area (Å²) in [5.41, 5.74) is 2.01. The third-order valence-corrected chi connectivity index (χ3v) is 6.05. The van der Waals surface area contributed by atoms with E-state index in [0.29, 0.717) is 39.1 Å². The molecule has 0 amide bonds. The van der Waals surface area contributed by atoms with Crippen molar-refractivity contribution in [1.82, 2.24) is 4.57 Å². The van der Waals surface area contributed by atoms with Crippen molar-refractivity contribution in [3.05, 3.63) is 87.7 Å². The van der Waals surface area contributed by atoms with Crippen LogP contribution in [0.5, 0.6) is 17.2 Å². The molecule has 1 atom stereocenters. The monoisotopic (exact) mass is 443 g/mol. The molecular formula is C26H21NO6. The van der Waals surface area contributed by atoms with Crippen LogP contribution in [0.25, 0.3) is 22.0 Å². The number of phenolic OH excluding ortho intramolecular Hbond substituents is 1. The van der Waals surface area contributed by atoms with Crippen LogP contribution in [0.2, 0.25) is 0 Å². The molecule has 0 spiro atoms. The predicted molar refractivity (Wildman–Crippen MR) is 123 cm³/mol. The zero-order valence-electron chi connectivity index (χ0n) is 18.0. The lowest BCUT2D eigenvalue weighted by Crippen LogP contribution is -2.26. The Hall–Kier alpha value is -4.10. The summed E-state index contributed by atoms with van der Waals surface area (Å²) in [6.45, 7) is -0.122. The second-order valence-corrected chi connectivity index (χ2v) is 7.85. The smallest absolute Gasteiger partial charge is 0.262 e. The van der Waals surface area contributed by atoms with Crippen LogP contribution in [-0.2, 0) is 6.54 Å². The maximum absolute atomic E-state index is 13.8. The Bertz CT molecular complexity index is 1490. The summed E-state index contributed by atoms with van der Waals surface area (Å²) < 4.78 is 12.3. The first-order chi connectivity index (χ1) is 16.0. The summed E-state index contributed by atoms with van der Waals surface area (Å²) >= 11 is 0. The molecule has 0 saturated carbocycles. The van der Waals surface area contributed by atoms with Gasteiger partial charge in [0.25, 0.3) is 5.56 Å². The Morgan fingerprint density at radius 2 is 1.70 bits per heavy atom. The molecule has 1 aliphatic carbocycles.